The third kappa shape index (κ3) is 2.57. The predicted octanol–water partition coefficient (Wildman–Crippen LogP) is 1.63. The Morgan fingerprint density at radius 1 is 1.44 bits per heavy atom. The lowest BCUT2D eigenvalue weighted by Crippen LogP contribution is -2.43. The van der Waals surface area contributed by atoms with Crippen molar-refractivity contribution < 1.29 is 4.79 Å². The number of hydrogen-bond acceptors (Lipinski definition) is 2. The largest absolute Gasteiger partial charge is 0.342 e. The Bertz CT molecular complexity index is 254. The molecule has 2 saturated heterocycles. The summed E-state index contributed by atoms with van der Waals surface area (Å²) in [5, 5.41) is 3.41. The normalized spacial score (nSPS) is 35.4. The van der Waals surface area contributed by atoms with E-state index in [-0.39, 0.29) is 5.92 Å². The summed E-state index contributed by atoms with van der Waals surface area (Å²) in [5.41, 5.74) is 0. The summed E-state index contributed by atoms with van der Waals surface area (Å²) in [6, 6.07) is 0.507. The Morgan fingerprint density at radius 3 is 2.88 bits per heavy atom. The molecule has 3 nitrogen and oxygen atoms in total. The van der Waals surface area contributed by atoms with Gasteiger partial charge in [-0.2, -0.15) is 0 Å². The number of rotatable bonds is 2. The molecule has 2 aliphatic rings. The molecule has 0 bridgehead atoms. The molecular formula is C13H24N2O. The molecule has 3 heteroatoms. The van der Waals surface area contributed by atoms with Crippen LogP contribution in [0, 0.1) is 11.8 Å². The Labute approximate surface area is 98.6 Å². The smallest absolute Gasteiger partial charge is 0.225 e. The van der Waals surface area contributed by atoms with E-state index in [1.54, 1.807) is 0 Å². The van der Waals surface area contributed by atoms with Crippen LogP contribution in [-0.4, -0.2) is 36.5 Å². The van der Waals surface area contributed by atoms with E-state index in [2.05, 4.69) is 24.1 Å². The van der Waals surface area contributed by atoms with Gasteiger partial charge in [0.1, 0.15) is 0 Å². The van der Waals surface area contributed by atoms with Crippen LogP contribution in [0.3, 0.4) is 0 Å². The average Bonchev–Trinajstić information content (AvgIpc) is 2.76. The van der Waals surface area contributed by atoms with Gasteiger partial charge in [-0.1, -0.05) is 13.3 Å². The fourth-order valence-electron chi connectivity index (χ4n) is 2.98. The number of nitrogens with zero attached hydrogens (tertiary/aromatic N) is 1. The molecule has 1 N–H and O–H groups in total. The lowest BCUT2D eigenvalue weighted by atomic mass is 9.92. The minimum Gasteiger partial charge on any atom is -0.342 e. The number of hydrogen-bond donors (Lipinski definition) is 1. The molecule has 16 heavy (non-hydrogen) atoms. The third-order valence-electron chi connectivity index (χ3n) is 4.15. The molecule has 1 amide bonds. The molecule has 0 aromatic carbocycles. The number of likely N-dealkylation sites (tertiary alicyclic amines) is 1. The van der Waals surface area contributed by atoms with Crippen LogP contribution >= 0.6 is 0 Å². The maximum atomic E-state index is 12.3. The molecule has 0 radical (unpaired) electrons. The van der Waals surface area contributed by atoms with Gasteiger partial charge in [0, 0.05) is 25.0 Å². The highest BCUT2D eigenvalue weighted by molar-refractivity contribution is 5.79. The van der Waals surface area contributed by atoms with Crippen LogP contribution in [0.25, 0.3) is 0 Å². The summed E-state index contributed by atoms with van der Waals surface area (Å²) in [6.07, 6.45) is 4.47. The monoisotopic (exact) mass is 224 g/mol. The molecule has 3 atom stereocenters. The zero-order valence-corrected chi connectivity index (χ0v) is 10.5. The van der Waals surface area contributed by atoms with Crippen molar-refractivity contribution in [1.29, 1.82) is 0 Å². The van der Waals surface area contributed by atoms with Gasteiger partial charge in [0.2, 0.25) is 5.91 Å². The first-order valence-electron chi connectivity index (χ1n) is 6.73. The van der Waals surface area contributed by atoms with E-state index < -0.39 is 0 Å². The Kier molecular flexibility index (Phi) is 3.85. The summed E-state index contributed by atoms with van der Waals surface area (Å²) in [5.74, 6) is 1.46. The number of nitrogens with one attached hydrogen (secondary N) is 1. The zero-order valence-electron chi connectivity index (χ0n) is 10.5. The van der Waals surface area contributed by atoms with Gasteiger partial charge in [-0.3, -0.25) is 4.79 Å². The Hall–Kier alpha value is -0.570. The molecule has 2 rings (SSSR count). The van der Waals surface area contributed by atoms with Crippen molar-refractivity contribution in [2.45, 2.75) is 45.6 Å². The van der Waals surface area contributed by atoms with Crippen molar-refractivity contribution in [2.75, 3.05) is 19.6 Å². The van der Waals surface area contributed by atoms with Crippen molar-refractivity contribution in [1.82, 2.24) is 10.2 Å². The third-order valence-corrected chi connectivity index (χ3v) is 4.15. The molecule has 2 aliphatic heterocycles. The predicted molar refractivity (Wildman–Crippen MR) is 65.2 cm³/mol. The van der Waals surface area contributed by atoms with E-state index in [0.717, 1.165) is 38.4 Å². The number of piperidine rings is 1. The topological polar surface area (TPSA) is 32.3 Å². The summed E-state index contributed by atoms with van der Waals surface area (Å²) in [4.78, 5) is 14.4. The lowest BCUT2D eigenvalue weighted by Gasteiger charge is -2.30. The summed E-state index contributed by atoms with van der Waals surface area (Å²) in [6.45, 7) is 7.41. The van der Waals surface area contributed by atoms with Crippen molar-refractivity contribution in [2.24, 2.45) is 11.8 Å². The van der Waals surface area contributed by atoms with Crippen molar-refractivity contribution in [3.05, 3.63) is 0 Å². The summed E-state index contributed by atoms with van der Waals surface area (Å²) in [7, 11) is 0. The zero-order chi connectivity index (χ0) is 11.5. The van der Waals surface area contributed by atoms with Gasteiger partial charge in [0.15, 0.2) is 0 Å². The van der Waals surface area contributed by atoms with Gasteiger partial charge < -0.3 is 10.2 Å². The Morgan fingerprint density at radius 2 is 2.25 bits per heavy atom. The van der Waals surface area contributed by atoms with E-state index >= 15 is 0 Å². The number of carbonyl (C=O) groups excluding carboxylic acids is 1. The molecule has 0 aromatic heterocycles. The van der Waals surface area contributed by atoms with Gasteiger partial charge in [0.05, 0.1) is 0 Å². The molecule has 3 unspecified atom stereocenters. The van der Waals surface area contributed by atoms with Crippen molar-refractivity contribution >= 4 is 5.91 Å². The molecule has 2 fully saturated rings. The highest BCUT2D eigenvalue weighted by Gasteiger charge is 2.32. The van der Waals surface area contributed by atoms with E-state index in [9.17, 15) is 4.79 Å². The molecule has 0 saturated carbocycles. The SMILES string of the molecule is CCC1CCN(C(=O)C2CCNC(C)C2)C1. The standard InChI is InChI=1S/C13H24N2O/c1-3-11-5-7-15(9-11)13(16)12-4-6-14-10(2)8-12/h10-12,14H,3-9H2,1-2H3. The Balaban J connectivity index is 1.87. The van der Waals surface area contributed by atoms with E-state index in [1.807, 2.05) is 0 Å². The fourth-order valence-corrected chi connectivity index (χ4v) is 2.98. The number of amides is 1. The molecule has 2 heterocycles. The minimum absolute atomic E-state index is 0.284. The van der Waals surface area contributed by atoms with E-state index in [0.29, 0.717) is 11.9 Å². The van der Waals surface area contributed by atoms with Gasteiger partial charge in [0.25, 0.3) is 0 Å². The van der Waals surface area contributed by atoms with Gasteiger partial charge >= 0.3 is 0 Å². The van der Waals surface area contributed by atoms with Crippen molar-refractivity contribution in [3.8, 4) is 0 Å². The second-order valence-electron chi connectivity index (χ2n) is 5.42. The second-order valence-corrected chi connectivity index (χ2v) is 5.42. The lowest BCUT2D eigenvalue weighted by molar-refractivity contribution is -0.135. The highest BCUT2D eigenvalue weighted by atomic mass is 16.2. The van der Waals surface area contributed by atoms with Crippen LogP contribution in [0.15, 0.2) is 0 Å². The summed E-state index contributed by atoms with van der Waals surface area (Å²) < 4.78 is 0. The first-order valence-corrected chi connectivity index (χ1v) is 6.73. The summed E-state index contributed by atoms with van der Waals surface area (Å²) >= 11 is 0. The van der Waals surface area contributed by atoms with Gasteiger partial charge in [-0.15, -0.1) is 0 Å². The van der Waals surface area contributed by atoms with Crippen LogP contribution in [0.2, 0.25) is 0 Å². The molecule has 0 aliphatic carbocycles. The van der Waals surface area contributed by atoms with Crippen LogP contribution in [-0.2, 0) is 4.79 Å². The van der Waals surface area contributed by atoms with Crippen LogP contribution in [0.4, 0.5) is 0 Å². The maximum Gasteiger partial charge on any atom is 0.225 e. The molecule has 0 aromatic rings. The molecule has 0 spiro atoms. The van der Waals surface area contributed by atoms with E-state index in [1.165, 1.54) is 12.8 Å². The highest BCUT2D eigenvalue weighted by Crippen LogP contribution is 2.24. The maximum absolute atomic E-state index is 12.3. The van der Waals surface area contributed by atoms with Gasteiger partial charge in [-0.05, 0) is 38.6 Å². The quantitative estimate of drug-likeness (QED) is 0.773. The average molecular weight is 224 g/mol. The van der Waals surface area contributed by atoms with Gasteiger partial charge in [-0.25, -0.2) is 0 Å². The minimum atomic E-state index is 0.284. The molecule has 92 valence electrons. The first kappa shape index (κ1) is 11.9. The second kappa shape index (κ2) is 5.17. The fraction of sp³-hybridized carbons (Fsp3) is 0.923. The van der Waals surface area contributed by atoms with Crippen LogP contribution in [0.5, 0.6) is 0 Å². The van der Waals surface area contributed by atoms with E-state index in [4.69, 9.17) is 0 Å². The number of carbonyl (C=O) groups is 1. The van der Waals surface area contributed by atoms with Crippen molar-refractivity contribution in [3.63, 3.8) is 0 Å². The molecular weight excluding hydrogens is 200 g/mol. The van der Waals surface area contributed by atoms with Crippen LogP contribution in [0.1, 0.15) is 39.5 Å². The van der Waals surface area contributed by atoms with Crippen LogP contribution < -0.4 is 5.32 Å². The first-order chi connectivity index (χ1) is 7.70.